The van der Waals surface area contributed by atoms with Gasteiger partial charge in [-0.05, 0) is 50.2 Å². The van der Waals surface area contributed by atoms with E-state index >= 15 is 0 Å². The minimum atomic E-state index is -0.220. The van der Waals surface area contributed by atoms with Gasteiger partial charge in [-0.25, -0.2) is 4.39 Å². The van der Waals surface area contributed by atoms with E-state index in [1.165, 1.54) is 17.2 Å². The van der Waals surface area contributed by atoms with Crippen LogP contribution in [0.1, 0.15) is 28.3 Å². The Balaban J connectivity index is 2.52. The second kappa shape index (κ2) is 5.85. The van der Waals surface area contributed by atoms with E-state index in [1.807, 2.05) is 7.05 Å². The number of aryl methyl sites for hydroxylation is 2. The molecule has 0 bridgehead atoms. The quantitative estimate of drug-likeness (QED) is 0.876. The van der Waals surface area contributed by atoms with Crippen molar-refractivity contribution in [2.75, 3.05) is 7.05 Å². The highest BCUT2D eigenvalue weighted by Gasteiger charge is 2.16. The van der Waals surface area contributed by atoms with E-state index in [0.717, 1.165) is 15.6 Å². The summed E-state index contributed by atoms with van der Waals surface area (Å²) in [5.74, 6) is -0.220. The average Bonchev–Trinajstić information content (AvgIpc) is 2.33. The number of rotatable bonds is 3. The van der Waals surface area contributed by atoms with Crippen molar-refractivity contribution >= 4 is 15.9 Å². The minimum Gasteiger partial charge on any atom is -0.309 e. The highest BCUT2D eigenvalue weighted by molar-refractivity contribution is 9.10. The van der Waals surface area contributed by atoms with Crippen LogP contribution in [-0.2, 0) is 0 Å². The van der Waals surface area contributed by atoms with E-state index in [2.05, 4.69) is 53.3 Å². The summed E-state index contributed by atoms with van der Waals surface area (Å²) in [5.41, 5.74) is 4.48. The Labute approximate surface area is 122 Å². The Hall–Kier alpha value is -1.19. The number of hydrogen-bond acceptors (Lipinski definition) is 1. The smallest absolute Gasteiger partial charge is 0.123 e. The summed E-state index contributed by atoms with van der Waals surface area (Å²) in [6.45, 7) is 4.15. The lowest BCUT2D eigenvalue weighted by Gasteiger charge is -2.20. The van der Waals surface area contributed by atoms with Crippen molar-refractivity contribution in [2.24, 2.45) is 0 Å². The number of benzene rings is 2. The molecule has 1 atom stereocenters. The maximum Gasteiger partial charge on any atom is 0.123 e. The first-order valence-electron chi connectivity index (χ1n) is 6.21. The SMILES string of the molecule is CNC(c1cc(C)cc(C)c1)c1cc(F)ccc1Br. The summed E-state index contributed by atoms with van der Waals surface area (Å²) in [4.78, 5) is 0. The van der Waals surface area contributed by atoms with E-state index in [1.54, 1.807) is 12.1 Å². The predicted molar refractivity (Wildman–Crippen MR) is 80.9 cm³/mol. The summed E-state index contributed by atoms with van der Waals surface area (Å²) >= 11 is 3.50. The van der Waals surface area contributed by atoms with Crippen molar-refractivity contribution in [3.8, 4) is 0 Å². The Morgan fingerprint density at radius 3 is 2.26 bits per heavy atom. The molecule has 2 rings (SSSR count). The van der Waals surface area contributed by atoms with Gasteiger partial charge in [0.15, 0.2) is 0 Å². The second-order valence-corrected chi connectivity index (χ2v) is 5.66. The van der Waals surface area contributed by atoms with Crippen LogP contribution in [0.4, 0.5) is 4.39 Å². The molecule has 2 aromatic carbocycles. The molecular weight excluding hydrogens is 305 g/mol. The van der Waals surface area contributed by atoms with Crippen molar-refractivity contribution in [1.29, 1.82) is 0 Å². The molecule has 1 unspecified atom stereocenters. The van der Waals surface area contributed by atoms with Gasteiger partial charge in [-0.2, -0.15) is 0 Å². The maximum absolute atomic E-state index is 13.5. The van der Waals surface area contributed by atoms with E-state index in [9.17, 15) is 4.39 Å². The summed E-state index contributed by atoms with van der Waals surface area (Å²) < 4.78 is 14.4. The maximum atomic E-state index is 13.5. The van der Waals surface area contributed by atoms with Crippen LogP contribution in [0.15, 0.2) is 40.9 Å². The normalized spacial score (nSPS) is 12.5. The zero-order valence-corrected chi connectivity index (χ0v) is 12.9. The summed E-state index contributed by atoms with van der Waals surface area (Å²) in [6.07, 6.45) is 0. The van der Waals surface area contributed by atoms with Crippen LogP contribution in [0, 0.1) is 19.7 Å². The molecule has 19 heavy (non-hydrogen) atoms. The molecule has 0 heterocycles. The lowest BCUT2D eigenvalue weighted by molar-refractivity contribution is 0.615. The fraction of sp³-hybridized carbons (Fsp3) is 0.250. The first kappa shape index (κ1) is 14.2. The Bertz CT molecular complexity index is 575. The van der Waals surface area contributed by atoms with Gasteiger partial charge >= 0.3 is 0 Å². The summed E-state index contributed by atoms with van der Waals surface area (Å²) in [5, 5.41) is 3.26. The average molecular weight is 322 g/mol. The fourth-order valence-electron chi connectivity index (χ4n) is 2.41. The topological polar surface area (TPSA) is 12.0 Å². The zero-order valence-electron chi connectivity index (χ0n) is 11.3. The molecule has 0 radical (unpaired) electrons. The van der Waals surface area contributed by atoms with Gasteiger partial charge in [-0.15, -0.1) is 0 Å². The third-order valence-corrected chi connectivity index (χ3v) is 3.86. The van der Waals surface area contributed by atoms with Crippen LogP contribution in [-0.4, -0.2) is 7.05 Å². The molecule has 0 aliphatic carbocycles. The molecule has 2 aromatic rings. The third kappa shape index (κ3) is 3.23. The Morgan fingerprint density at radius 1 is 1.05 bits per heavy atom. The van der Waals surface area contributed by atoms with Gasteiger partial charge in [0.05, 0.1) is 6.04 Å². The third-order valence-electron chi connectivity index (χ3n) is 3.14. The first-order chi connectivity index (χ1) is 9.01. The predicted octanol–water partition coefficient (Wildman–Crippen LogP) is 4.51. The molecule has 0 aromatic heterocycles. The van der Waals surface area contributed by atoms with Gasteiger partial charge in [-0.3, -0.25) is 0 Å². The van der Waals surface area contributed by atoms with Crippen LogP contribution in [0.3, 0.4) is 0 Å². The molecule has 0 amide bonds. The zero-order chi connectivity index (χ0) is 14.0. The molecule has 0 spiro atoms. The molecule has 100 valence electrons. The molecular formula is C16H17BrFN. The summed E-state index contributed by atoms with van der Waals surface area (Å²) in [6, 6.07) is 11.2. The van der Waals surface area contributed by atoms with Crippen LogP contribution in [0.5, 0.6) is 0 Å². The van der Waals surface area contributed by atoms with Crippen LogP contribution in [0.25, 0.3) is 0 Å². The van der Waals surface area contributed by atoms with E-state index in [-0.39, 0.29) is 11.9 Å². The largest absolute Gasteiger partial charge is 0.309 e. The molecule has 0 aliphatic rings. The van der Waals surface area contributed by atoms with Crippen molar-refractivity contribution in [2.45, 2.75) is 19.9 Å². The van der Waals surface area contributed by atoms with Gasteiger partial charge in [-0.1, -0.05) is 45.3 Å². The van der Waals surface area contributed by atoms with Crippen molar-refractivity contribution in [1.82, 2.24) is 5.32 Å². The molecule has 1 nitrogen and oxygen atoms in total. The highest BCUT2D eigenvalue weighted by Crippen LogP contribution is 2.30. The summed E-state index contributed by atoms with van der Waals surface area (Å²) in [7, 11) is 1.89. The molecule has 0 aliphatic heterocycles. The molecule has 0 fully saturated rings. The lowest BCUT2D eigenvalue weighted by Crippen LogP contribution is -2.18. The van der Waals surface area contributed by atoms with Crippen LogP contribution in [0.2, 0.25) is 0 Å². The van der Waals surface area contributed by atoms with Crippen molar-refractivity contribution < 1.29 is 4.39 Å². The van der Waals surface area contributed by atoms with Crippen LogP contribution < -0.4 is 5.32 Å². The van der Waals surface area contributed by atoms with Gasteiger partial charge in [0.2, 0.25) is 0 Å². The van der Waals surface area contributed by atoms with Gasteiger partial charge in [0.25, 0.3) is 0 Å². The number of halogens is 2. The van der Waals surface area contributed by atoms with E-state index < -0.39 is 0 Å². The monoisotopic (exact) mass is 321 g/mol. The lowest BCUT2D eigenvalue weighted by atomic mass is 9.96. The first-order valence-corrected chi connectivity index (χ1v) is 7.01. The molecule has 1 N–H and O–H groups in total. The highest BCUT2D eigenvalue weighted by atomic mass is 79.9. The van der Waals surface area contributed by atoms with Crippen LogP contribution >= 0.6 is 15.9 Å². The van der Waals surface area contributed by atoms with E-state index in [4.69, 9.17) is 0 Å². The number of nitrogens with one attached hydrogen (secondary N) is 1. The Kier molecular flexibility index (Phi) is 4.38. The molecule has 3 heteroatoms. The van der Waals surface area contributed by atoms with Gasteiger partial charge in [0, 0.05) is 4.47 Å². The fourth-order valence-corrected chi connectivity index (χ4v) is 2.89. The van der Waals surface area contributed by atoms with E-state index in [0.29, 0.717) is 0 Å². The van der Waals surface area contributed by atoms with Crippen molar-refractivity contribution in [3.63, 3.8) is 0 Å². The Morgan fingerprint density at radius 2 is 1.68 bits per heavy atom. The van der Waals surface area contributed by atoms with Gasteiger partial charge < -0.3 is 5.32 Å². The number of hydrogen-bond donors (Lipinski definition) is 1. The minimum absolute atomic E-state index is 0.0244. The molecule has 0 saturated heterocycles. The standard InChI is InChI=1S/C16H17BrFN/c1-10-6-11(2)8-12(7-10)16(19-3)14-9-13(18)4-5-15(14)17/h4-9,16,19H,1-3H3. The van der Waals surface area contributed by atoms with Crippen molar-refractivity contribution in [3.05, 3.63) is 68.9 Å². The second-order valence-electron chi connectivity index (χ2n) is 4.81. The van der Waals surface area contributed by atoms with Gasteiger partial charge in [0.1, 0.15) is 5.82 Å². The molecule has 0 saturated carbocycles.